The fourth-order valence-corrected chi connectivity index (χ4v) is 6.44. The summed E-state index contributed by atoms with van der Waals surface area (Å²) in [6, 6.07) is 14.5. The number of pyridine rings is 1. The lowest BCUT2D eigenvalue weighted by Gasteiger charge is -2.34. The molecule has 1 fully saturated rings. The molecule has 0 radical (unpaired) electrons. The van der Waals surface area contributed by atoms with Gasteiger partial charge in [-0.1, -0.05) is 29.3 Å². The van der Waals surface area contributed by atoms with Crippen LogP contribution in [0.5, 0.6) is 0 Å². The van der Waals surface area contributed by atoms with Gasteiger partial charge in [0.1, 0.15) is 0 Å². The molecule has 4 aromatic rings. The Morgan fingerprint density at radius 3 is 2.33 bits per heavy atom. The van der Waals surface area contributed by atoms with E-state index in [-0.39, 0.29) is 40.7 Å². The Kier molecular flexibility index (Phi) is 9.21. The maximum Gasteiger partial charge on any atom is 0.341 e. The van der Waals surface area contributed by atoms with Crippen LogP contribution in [0.1, 0.15) is 27.6 Å². The molecule has 43 heavy (non-hydrogen) atoms. The topological polar surface area (TPSA) is 135 Å². The molecule has 222 valence electrons. The van der Waals surface area contributed by atoms with Crippen LogP contribution < -0.4 is 10.2 Å². The molecule has 11 nitrogen and oxygen atoms in total. The van der Waals surface area contributed by atoms with E-state index in [0.29, 0.717) is 41.0 Å². The largest absolute Gasteiger partial charge is 0.462 e. The Morgan fingerprint density at radius 1 is 0.930 bits per heavy atom. The maximum absolute atomic E-state index is 13.4. The smallest absolute Gasteiger partial charge is 0.341 e. The molecule has 1 N–H and O–H groups in total. The number of esters is 1. The number of rotatable bonds is 8. The van der Waals surface area contributed by atoms with Crippen molar-refractivity contribution in [2.45, 2.75) is 11.8 Å². The van der Waals surface area contributed by atoms with Crippen molar-refractivity contribution in [2.75, 3.05) is 43.0 Å². The highest BCUT2D eigenvalue weighted by Gasteiger charge is 2.30. The molecule has 0 spiro atoms. The highest BCUT2D eigenvalue weighted by molar-refractivity contribution is 7.89. The maximum atomic E-state index is 13.4. The van der Waals surface area contributed by atoms with Crippen LogP contribution in [0.4, 0.5) is 11.6 Å². The summed E-state index contributed by atoms with van der Waals surface area (Å²) < 4.78 is 33.1. The van der Waals surface area contributed by atoms with Gasteiger partial charge in [0, 0.05) is 56.0 Å². The number of aromatic nitrogens is 3. The van der Waals surface area contributed by atoms with Crippen LogP contribution in [0, 0.1) is 0 Å². The van der Waals surface area contributed by atoms with Crippen LogP contribution in [-0.2, 0) is 14.8 Å². The van der Waals surface area contributed by atoms with Gasteiger partial charge < -0.3 is 15.0 Å². The van der Waals surface area contributed by atoms with E-state index < -0.39 is 21.9 Å². The van der Waals surface area contributed by atoms with Crippen molar-refractivity contribution < 1.29 is 22.7 Å². The molecule has 14 heteroatoms. The monoisotopic (exact) mass is 640 g/mol. The number of ether oxygens (including phenoxy) is 1. The molecule has 0 atom stereocenters. The number of nitrogens with one attached hydrogen (secondary N) is 1. The van der Waals surface area contributed by atoms with E-state index in [0.717, 1.165) is 0 Å². The minimum atomic E-state index is -3.89. The van der Waals surface area contributed by atoms with Gasteiger partial charge in [0.2, 0.25) is 16.0 Å². The van der Waals surface area contributed by atoms with Gasteiger partial charge in [-0.25, -0.2) is 23.2 Å². The zero-order chi connectivity index (χ0) is 30.6. The van der Waals surface area contributed by atoms with Crippen molar-refractivity contribution in [3.8, 4) is 11.3 Å². The Hall–Kier alpha value is -4.10. The number of benzene rings is 2. The molecule has 1 saturated heterocycles. The third-order valence-electron chi connectivity index (χ3n) is 6.66. The lowest BCUT2D eigenvalue weighted by Crippen LogP contribution is -2.49. The summed E-state index contributed by atoms with van der Waals surface area (Å²) in [7, 11) is -3.89. The molecule has 3 heterocycles. The molecular formula is C29H26Cl2N6O5S. The Morgan fingerprint density at radius 2 is 1.67 bits per heavy atom. The van der Waals surface area contributed by atoms with E-state index in [1.54, 1.807) is 43.5 Å². The van der Waals surface area contributed by atoms with Crippen LogP contribution in [0.15, 0.2) is 78.1 Å². The first-order valence-electron chi connectivity index (χ1n) is 13.2. The van der Waals surface area contributed by atoms with Crippen LogP contribution in [-0.4, -0.2) is 72.3 Å². The molecule has 1 amide bonds. The number of carbonyl (C=O) groups is 2. The number of halogens is 2. The Bertz CT molecular complexity index is 1750. The number of hydrogen-bond donors (Lipinski definition) is 1. The number of hydrogen-bond acceptors (Lipinski definition) is 9. The van der Waals surface area contributed by atoms with E-state index in [4.69, 9.17) is 27.9 Å². The lowest BCUT2D eigenvalue weighted by molar-refractivity contribution is 0.0525. The van der Waals surface area contributed by atoms with Gasteiger partial charge in [-0.3, -0.25) is 9.78 Å². The van der Waals surface area contributed by atoms with E-state index in [2.05, 4.69) is 20.3 Å². The normalized spacial score (nSPS) is 13.9. The second-order valence-corrected chi connectivity index (χ2v) is 12.1. The molecule has 0 aliphatic carbocycles. The standard InChI is InChI=1S/C29H26Cl2N6O5S/c1-2-42-28(39)19-17-33-29(34-18-19)36-11-13-37(14-12-36)43(40,41)21-7-8-22(25(31)16-21)27(38)35-20-6-9-24(30)23(15-20)26-5-3-4-10-32-26/h3-10,15-18H,2,11-14H2,1H3,(H,35,38). The fourth-order valence-electron chi connectivity index (χ4n) is 4.44. The van der Waals surface area contributed by atoms with Gasteiger partial charge >= 0.3 is 5.97 Å². The van der Waals surface area contributed by atoms with Crippen LogP contribution in [0.2, 0.25) is 10.0 Å². The third kappa shape index (κ3) is 6.78. The van der Waals surface area contributed by atoms with Crippen LogP contribution >= 0.6 is 23.2 Å². The van der Waals surface area contributed by atoms with E-state index in [1.807, 2.05) is 11.0 Å². The van der Waals surface area contributed by atoms with Gasteiger partial charge in [0.05, 0.1) is 38.4 Å². The summed E-state index contributed by atoms with van der Waals surface area (Å²) in [5.74, 6) is -0.631. The van der Waals surface area contributed by atoms with E-state index >= 15 is 0 Å². The van der Waals surface area contributed by atoms with Gasteiger partial charge in [-0.2, -0.15) is 4.31 Å². The highest BCUT2D eigenvalue weighted by Crippen LogP contribution is 2.30. The zero-order valence-corrected chi connectivity index (χ0v) is 25.2. The summed E-state index contributed by atoms with van der Waals surface area (Å²) in [6.45, 7) is 3.00. The van der Waals surface area contributed by atoms with Gasteiger partial charge in [-0.15, -0.1) is 0 Å². The first kappa shape index (κ1) is 30.4. The predicted octanol–water partition coefficient (Wildman–Crippen LogP) is 4.79. The second-order valence-electron chi connectivity index (χ2n) is 9.39. The van der Waals surface area contributed by atoms with Gasteiger partial charge in [0.15, 0.2) is 0 Å². The van der Waals surface area contributed by atoms with Crippen molar-refractivity contribution in [1.82, 2.24) is 19.3 Å². The van der Waals surface area contributed by atoms with E-state index in [1.165, 1.54) is 34.9 Å². The SMILES string of the molecule is CCOC(=O)c1cnc(N2CCN(S(=O)(=O)c3ccc(C(=O)Nc4ccc(Cl)c(-c5ccccn5)c4)c(Cl)c3)CC2)nc1. The molecule has 1 aliphatic heterocycles. The average Bonchev–Trinajstić information content (AvgIpc) is 3.02. The minimum Gasteiger partial charge on any atom is -0.462 e. The molecule has 2 aromatic heterocycles. The highest BCUT2D eigenvalue weighted by atomic mass is 35.5. The number of nitrogens with zero attached hydrogens (tertiary/aromatic N) is 5. The van der Waals surface area contributed by atoms with E-state index in [9.17, 15) is 18.0 Å². The summed E-state index contributed by atoms with van der Waals surface area (Å²) in [5.41, 5.74) is 2.12. The number of piperazine rings is 1. The van der Waals surface area contributed by atoms with Crippen molar-refractivity contribution in [3.05, 3.63) is 94.4 Å². The molecule has 0 unspecified atom stereocenters. The van der Waals surface area contributed by atoms with Crippen molar-refractivity contribution in [3.63, 3.8) is 0 Å². The summed E-state index contributed by atoms with van der Waals surface area (Å²) >= 11 is 12.8. The average molecular weight is 642 g/mol. The number of sulfonamides is 1. The minimum absolute atomic E-state index is 0.00814. The first-order chi connectivity index (χ1) is 20.7. The van der Waals surface area contributed by atoms with Crippen molar-refractivity contribution in [2.24, 2.45) is 0 Å². The molecular weight excluding hydrogens is 615 g/mol. The van der Waals surface area contributed by atoms with Crippen molar-refractivity contribution >= 4 is 56.7 Å². The number of amides is 1. The summed E-state index contributed by atoms with van der Waals surface area (Å²) in [6.07, 6.45) is 4.42. The summed E-state index contributed by atoms with van der Waals surface area (Å²) in [4.78, 5) is 39.4. The zero-order valence-electron chi connectivity index (χ0n) is 22.9. The molecule has 1 aliphatic rings. The molecule has 2 aromatic carbocycles. The predicted molar refractivity (Wildman–Crippen MR) is 163 cm³/mol. The molecule has 5 rings (SSSR count). The molecule has 0 saturated carbocycles. The van der Waals surface area contributed by atoms with Gasteiger partial charge in [-0.05, 0) is 55.5 Å². The third-order valence-corrected chi connectivity index (χ3v) is 9.20. The fraction of sp³-hybridized carbons (Fsp3) is 0.207. The summed E-state index contributed by atoms with van der Waals surface area (Å²) in [5, 5.41) is 3.25. The van der Waals surface area contributed by atoms with Crippen LogP contribution in [0.25, 0.3) is 11.3 Å². The molecule has 0 bridgehead atoms. The van der Waals surface area contributed by atoms with Crippen molar-refractivity contribution in [1.29, 1.82) is 0 Å². The van der Waals surface area contributed by atoms with Gasteiger partial charge in [0.25, 0.3) is 5.91 Å². The number of carbonyl (C=O) groups excluding carboxylic acids is 2. The second kappa shape index (κ2) is 13.0. The Balaban J connectivity index is 1.24. The quantitative estimate of drug-likeness (QED) is 0.270. The first-order valence-corrected chi connectivity index (χ1v) is 15.4. The van der Waals surface area contributed by atoms with Crippen LogP contribution in [0.3, 0.4) is 0 Å². The Labute approximate surface area is 258 Å². The lowest BCUT2D eigenvalue weighted by atomic mass is 10.1. The number of anilines is 2.